The van der Waals surface area contributed by atoms with Crippen LogP contribution in [-0.4, -0.2) is 47.8 Å². The van der Waals surface area contributed by atoms with E-state index in [0.29, 0.717) is 31.8 Å². The molecule has 1 heterocycles. The summed E-state index contributed by atoms with van der Waals surface area (Å²) in [6.07, 6.45) is -0.0195. The first-order valence-corrected chi connectivity index (χ1v) is 6.72. The molecule has 110 valence electrons. The van der Waals surface area contributed by atoms with Crippen molar-refractivity contribution in [2.24, 2.45) is 5.41 Å². The van der Waals surface area contributed by atoms with Crippen molar-refractivity contribution in [3.05, 3.63) is 29.8 Å². The summed E-state index contributed by atoms with van der Waals surface area (Å²) >= 11 is 0. The van der Waals surface area contributed by atoms with Gasteiger partial charge < -0.3 is 14.9 Å². The molecule has 1 aromatic carbocycles. The Bertz CT molecular complexity index is 491. The number of aliphatic carboxylic acids is 1. The topological polar surface area (TPSA) is 70.0 Å². The highest BCUT2D eigenvalue weighted by molar-refractivity contribution is 5.74. The van der Waals surface area contributed by atoms with Crippen LogP contribution in [0, 0.1) is 5.41 Å². The van der Waals surface area contributed by atoms with Crippen LogP contribution in [0.1, 0.15) is 25.0 Å². The van der Waals surface area contributed by atoms with E-state index in [0.717, 1.165) is 5.56 Å². The molecule has 0 aromatic heterocycles. The van der Waals surface area contributed by atoms with Crippen molar-refractivity contribution in [1.29, 1.82) is 0 Å². The van der Waals surface area contributed by atoms with E-state index in [-0.39, 0.29) is 0 Å². The number of aliphatic hydroxyl groups excluding tert-OH is 1. The van der Waals surface area contributed by atoms with Crippen molar-refractivity contribution in [3.63, 3.8) is 0 Å². The van der Waals surface area contributed by atoms with Gasteiger partial charge in [-0.2, -0.15) is 0 Å². The van der Waals surface area contributed by atoms with Crippen molar-refractivity contribution in [3.8, 4) is 5.75 Å². The lowest BCUT2D eigenvalue weighted by atomic mass is 9.90. The van der Waals surface area contributed by atoms with Crippen LogP contribution in [0.15, 0.2) is 24.3 Å². The van der Waals surface area contributed by atoms with Crippen molar-refractivity contribution in [2.45, 2.75) is 19.4 Å². The molecule has 1 saturated heterocycles. The number of benzene rings is 1. The SMILES string of the molecule is COc1cccc(C(O)CN2CCC(C)(C(=O)O)C2)c1. The lowest BCUT2D eigenvalue weighted by Crippen LogP contribution is -2.33. The maximum Gasteiger partial charge on any atom is 0.310 e. The highest BCUT2D eigenvalue weighted by Gasteiger charge is 2.40. The normalized spacial score (nSPS) is 24.6. The maximum atomic E-state index is 11.2. The number of carboxylic acid groups (broad SMARTS) is 1. The van der Waals surface area contributed by atoms with E-state index in [4.69, 9.17) is 4.74 Å². The molecular weight excluding hydrogens is 258 g/mol. The van der Waals surface area contributed by atoms with Gasteiger partial charge in [0, 0.05) is 13.1 Å². The van der Waals surface area contributed by atoms with Gasteiger partial charge in [0.2, 0.25) is 0 Å². The van der Waals surface area contributed by atoms with E-state index in [1.807, 2.05) is 23.1 Å². The molecule has 5 heteroatoms. The predicted molar refractivity (Wildman–Crippen MR) is 74.8 cm³/mol. The highest BCUT2D eigenvalue weighted by atomic mass is 16.5. The average molecular weight is 279 g/mol. The standard InChI is InChI=1S/C15H21NO4/c1-15(14(18)19)6-7-16(10-15)9-13(17)11-4-3-5-12(8-11)20-2/h3-5,8,13,17H,6-7,9-10H2,1-2H3,(H,18,19). The fourth-order valence-corrected chi connectivity index (χ4v) is 2.59. The quantitative estimate of drug-likeness (QED) is 0.855. The molecule has 1 fully saturated rings. The summed E-state index contributed by atoms with van der Waals surface area (Å²) in [5.41, 5.74) is 0.0851. The number of hydrogen-bond donors (Lipinski definition) is 2. The molecule has 2 unspecified atom stereocenters. The van der Waals surface area contributed by atoms with Crippen molar-refractivity contribution in [2.75, 3.05) is 26.7 Å². The molecule has 1 aliphatic rings. The number of β-amino-alcohol motifs (C(OH)–C–C–N with tert-alkyl or cyclic N) is 1. The number of rotatable bonds is 5. The summed E-state index contributed by atoms with van der Waals surface area (Å²) in [5, 5.41) is 19.5. The van der Waals surface area contributed by atoms with Gasteiger partial charge in [-0.1, -0.05) is 12.1 Å². The molecule has 5 nitrogen and oxygen atoms in total. The van der Waals surface area contributed by atoms with Crippen LogP contribution in [0.25, 0.3) is 0 Å². The summed E-state index contributed by atoms with van der Waals surface area (Å²) < 4.78 is 5.14. The molecule has 2 rings (SSSR count). The number of carboxylic acids is 1. The average Bonchev–Trinajstić information content (AvgIpc) is 2.81. The second-order valence-corrected chi connectivity index (χ2v) is 5.64. The van der Waals surface area contributed by atoms with Crippen LogP contribution in [0.2, 0.25) is 0 Å². The van der Waals surface area contributed by atoms with Crippen molar-refractivity contribution < 1.29 is 19.7 Å². The minimum absolute atomic E-state index is 0.441. The van der Waals surface area contributed by atoms with E-state index >= 15 is 0 Å². The third kappa shape index (κ3) is 3.11. The van der Waals surface area contributed by atoms with E-state index in [1.165, 1.54) is 0 Å². The summed E-state index contributed by atoms with van der Waals surface area (Å²) in [6.45, 7) is 3.37. The molecule has 0 radical (unpaired) electrons. The second kappa shape index (κ2) is 5.81. The monoisotopic (exact) mass is 279 g/mol. The van der Waals surface area contributed by atoms with E-state index in [9.17, 15) is 15.0 Å². The molecule has 0 amide bonds. The number of hydrogen-bond acceptors (Lipinski definition) is 4. The Morgan fingerprint density at radius 3 is 2.90 bits per heavy atom. The molecule has 20 heavy (non-hydrogen) atoms. The zero-order chi connectivity index (χ0) is 14.8. The van der Waals surface area contributed by atoms with Gasteiger partial charge in [0.1, 0.15) is 5.75 Å². The van der Waals surface area contributed by atoms with Gasteiger partial charge in [0.25, 0.3) is 0 Å². The fourth-order valence-electron chi connectivity index (χ4n) is 2.59. The summed E-state index contributed by atoms with van der Waals surface area (Å²) in [4.78, 5) is 13.2. The largest absolute Gasteiger partial charge is 0.497 e. The van der Waals surface area contributed by atoms with Gasteiger partial charge in [0.15, 0.2) is 0 Å². The summed E-state index contributed by atoms with van der Waals surface area (Å²) in [5.74, 6) is -0.0609. The molecule has 2 N–H and O–H groups in total. The Kier molecular flexibility index (Phi) is 4.30. The first-order valence-electron chi connectivity index (χ1n) is 6.72. The molecule has 0 spiro atoms. The number of aliphatic hydroxyl groups is 1. The van der Waals surface area contributed by atoms with Gasteiger partial charge in [0.05, 0.1) is 18.6 Å². The summed E-state index contributed by atoms with van der Waals surface area (Å²) in [6, 6.07) is 7.31. The maximum absolute atomic E-state index is 11.2. The first-order chi connectivity index (χ1) is 9.44. The minimum atomic E-state index is -0.768. The molecular formula is C15H21NO4. The molecule has 1 aromatic rings. The second-order valence-electron chi connectivity index (χ2n) is 5.64. The van der Waals surface area contributed by atoms with Crippen LogP contribution in [0.3, 0.4) is 0 Å². The Hall–Kier alpha value is -1.59. The van der Waals surface area contributed by atoms with Crippen LogP contribution in [0.5, 0.6) is 5.75 Å². The Labute approximate surface area is 118 Å². The minimum Gasteiger partial charge on any atom is -0.497 e. The van der Waals surface area contributed by atoms with E-state index < -0.39 is 17.5 Å². The molecule has 1 aliphatic heterocycles. The number of likely N-dealkylation sites (tertiary alicyclic amines) is 1. The van der Waals surface area contributed by atoms with Gasteiger partial charge in [-0.15, -0.1) is 0 Å². The molecule has 2 atom stereocenters. The van der Waals surface area contributed by atoms with Gasteiger partial charge in [-0.05, 0) is 37.6 Å². The zero-order valence-electron chi connectivity index (χ0n) is 11.9. The molecule has 0 aliphatic carbocycles. The smallest absolute Gasteiger partial charge is 0.310 e. The van der Waals surface area contributed by atoms with E-state index in [1.54, 1.807) is 20.1 Å². The van der Waals surface area contributed by atoms with Crippen LogP contribution >= 0.6 is 0 Å². The summed E-state index contributed by atoms with van der Waals surface area (Å²) in [7, 11) is 1.59. The predicted octanol–water partition coefficient (Wildman–Crippen LogP) is 1.53. The fraction of sp³-hybridized carbons (Fsp3) is 0.533. The van der Waals surface area contributed by atoms with Gasteiger partial charge in [-0.3, -0.25) is 9.69 Å². The first kappa shape index (κ1) is 14.8. The highest BCUT2D eigenvalue weighted by Crippen LogP contribution is 2.31. The Morgan fingerprint density at radius 1 is 1.55 bits per heavy atom. The van der Waals surface area contributed by atoms with Crippen molar-refractivity contribution >= 4 is 5.97 Å². The number of nitrogens with zero attached hydrogens (tertiary/aromatic N) is 1. The molecule has 0 saturated carbocycles. The number of methoxy groups -OCH3 is 1. The Morgan fingerprint density at radius 2 is 2.30 bits per heavy atom. The van der Waals surface area contributed by atoms with Gasteiger partial charge >= 0.3 is 5.97 Å². The van der Waals surface area contributed by atoms with Crippen molar-refractivity contribution in [1.82, 2.24) is 4.90 Å². The zero-order valence-corrected chi connectivity index (χ0v) is 11.9. The number of ether oxygens (including phenoxy) is 1. The number of carbonyl (C=O) groups is 1. The third-order valence-corrected chi connectivity index (χ3v) is 3.98. The Balaban J connectivity index is 1.98. The van der Waals surface area contributed by atoms with Crippen LogP contribution in [0.4, 0.5) is 0 Å². The third-order valence-electron chi connectivity index (χ3n) is 3.98. The van der Waals surface area contributed by atoms with E-state index in [2.05, 4.69) is 0 Å². The lowest BCUT2D eigenvalue weighted by molar-refractivity contribution is -0.147. The van der Waals surface area contributed by atoms with Gasteiger partial charge in [-0.25, -0.2) is 0 Å². The lowest BCUT2D eigenvalue weighted by Gasteiger charge is -2.22. The van der Waals surface area contributed by atoms with Crippen LogP contribution in [-0.2, 0) is 4.79 Å². The van der Waals surface area contributed by atoms with Crippen LogP contribution < -0.4 is 4.74 Å². The molecule has 0 bridgehead atoms.